The van der Waals surface area contributed by atoms with Gasteiger partial charge in [-0.3, -0.25) is 4.79 Å². The predicted molar refractivity (Wildman–Crippen MR) is 88.6 cm³/mol. The lowest BCUT2D eigenvalue weighted by Crippen LogP contribution is -2.12. The molecule has 3 N–H and O–H groups in total. The zero-order valence-electron chi connectivity index (χ0n) is 13.3. The molecular formula is C17H28N2O2. The maximum atomic E-state index is 11.9. The van der Waals surface area contributed by atoms with Gasteiger partial charge in [0.25, 0.3) is 0 Å². The Labute approximate surface area is 128 Å². The molecule has 0 unspecified atom stereocenters. The summed E-state index contributed by atoms with van der Waals surface area (Å²) in [6.07, 6.45) is 8.98. The summed E-state index contributed by atoms with van der Waals surface area (Å²) in [5.41, 5.74) is 7.03. The summed E-state index contributed by atoms with van der Waals surface area (Å²) in [6, 6.07) is 5.27. The second kappa shape index (κ2) is 10.1. The Morgan fingerprint density at radius 2 is 1.81 bits per heavy atom. The predicted octanol–water partition coefficient (Wildman–Crippen LogP) is 4.36. The van der Waals surface area contributed by atoms with Crippen LogP contribution >= 0.6 is 0 Å². The highest BCUT2D eigenvalue weighted by Gasteiger charge is 2.06. The summed E-state index contributed by atoms with van der Waals surface area (Å²) in [7, 11) is 1.59. The van der Waals surface area contributed by atoms with Crippen molar-refractivity contribution in [2.24, 2.45) is 0 Å². The molecule has 0 aliphatic heterocycles. The molecule has 0 fully saturated rings. The van der Waals surface area contributed by atoms with Crippen molar-refractivity contribution < 1.29 is 9.53 Å². The van der Waals surface area contributed by atoms with Gasteiger partial charge in [0.15, 0.2) is 0 Å². The quantitative estimate of drug-likeness (QED) is 0.497. The zero-order chi connectivity index (χ0) is 15.5. The molecule has 1 aromatic rings. The van der Waals surface area contributed by atoms with Gasteiger partial charge < -0.3 is 15.8 Å². The minimum atomic E-state index is 0.0171. The van der Waals surface area contributed by atoms with Crippen molar-refractivity contribution in [3.05, 3.63) is 18.2 Å². The topological polar surface area (TPSA) is 64.3 Å². The van der Waals surface area contributed by atoms with Crippen molar-refractivity contribution in [2.45, 2.75) is 58.3 Å². The van der Waals surface area contributed by atoms with Crippen LogP contribution in [0, 0.1) is 0 Å². The molecule has 0 heterocycles. The molecule has 0 saturated heterocycles. The van der Waals surface area contributed by atoms with Crippen LogP contribution in [0.25, 0.3) is 0 Å². The number of nitrogens with one attached hydrogen (secondary N) is 1. The summed E-state index contributed by atoms with van der Waals surface area (Å²) in [5.74, 6) is 0.707. The number of hydrogen-bond donors (Lipinski definition) is 2. The Morgan fingerprint density at radius 3 is 2.48 bits per heavy atom. The van der Waals surface area contributed by atoms with Crippen LogP contribution in [-0.4, -0.2) is 13.0 Å². The van der Waals surface area contributed by atoms with E-state index in [1.54, 1.807) is 25.3 Å². The van der Waals surface area contributed by atoms with Gasteiger partial charge in [0, 0.05) is 12.5 Å². The van der Waals surface area contributed by atoms with Crippen molar-refractivity contribution in [1.82, 2.24) is 0 Å². The first-order valence-corrected chi connectivity index (χ1v) is 7.90. The highest BCUT2D eigenvalue weighted by atomic mass is 16.5. The average Bonchev–Trinajstić information content (AvgIpc) is 2.48. The minimum absolute atomic E-state index is 0.0171. The van der Waals surface area contributed by atoms with Crippen LogP contribution in [0.4, 0.5) is 11.4 Å². The normalized spacial score (nSPS) is 10.4. The molecule has 0 spiro atoms. The number of rotatable bonds is 10. The number of nitrogen functional groups attached to an aromatic ring is 1. The van der Waals surface area contributed by atoms with Crippen LogP contribution in [0.1, 0.15) is 58.3 Å². The Bertz CT molecular complexity index is 433. The van der Waals surface area contributed by atoms with Crippen molar-refractivity contribution in [1.29, 1.82) is 0 Å². The standard InChI is InChI=1S/C17H28N2O2/c1-3-4-5-6-7-8-9-10-17(20)19-16-13-14(21-2)11-12-15(16)18/h11-13H,3-10,18H2,1-2H3,(H,19,20). The third-order valence-electron chi connectivity index (χ3n) is 3.54. The molecule has 0 aliphatic rings. The lowest BCUT2D eigenvalue weighted by Gasteiger charge is -2.10. The Balaban J connectivity index is 2.24. The number of methoxy groups -OCH3 is 1. The van der Waals surface area contributed by atoms with Crippen LogP contribution in [0.3, 0.4) is 0 Å². The second-order valence-electron chi connectivity index (χ2n) is 5.37. The molecule has 0 bridgehead atoms. The van der Waals surface area contributed by atoms with E-state index in [1.165, 1.54) is 32.1 Å². The van der Waals surface area contributed by atoms with Crippen molar-refractivity contribution in [3.63, 3.8) is 0 Å². The summed E-state index contributed by atoms with van der Waals surface area (Å²) >= 11 is 0. The average molecular weight is 292 g/mol. The first-order valence-electron chi connectivity index (χ1n) is 7.90. The Kier molecular flexibility index (Phi) is 8.32. The summed E-state index contributed by atoms with van der Waals surface area (Å²) < 4.78 is 5.13. The van der Waals surface area contributed by atoms with Crippen molar-refractivity contribution in [2.75, 3.05) is 18.2 Å². The largest absolute Gasteiger partial charge is 0.497 e. The molecule has 0 radical (unpaired) electrons. The number of amides is 1. The number of carbonyl (C=O) groups excluding carboxylic acids is 1. The Morgan fingerprint density at radius 1 is 1.14 bits per heavy atom. The molecule has 0 saturated carbocycles. The number of nitrogens with two attached hydrogens (primary N) is 1. The van der Waals surface area contributed by atoms with Crippen LogP contribution < -0.4 is 15.8 Å². The molecule has 1 aromatic carbocycles. The van der Waals surface area contributed by atoms with Gasteiger partial charge in [-0.25, -0.2) is 0 Å². The summed E-state index contributed by atoms with van der Waals surface area (Å²) in [5, 5.41) is 2.85. The van der Waals surface area contributed by atoms with Gasteiger partial charge in [0.2, 0.25) is 5.91 Å². The second-order valence-corrected chi connectivity index (χ2v) is 5.37. The summed E-state index contributed by atoms with van der Waals surface area (Å²) in [4.78, 5) is 11.9. The van der Waals surface area contributed by atoms with Crippen molar-refractivity contribution >= 4 is 17.3 Å². The molecule has 1 amide bonds. The zero-order valence-corrected chi connectivity index (χ0v) is 13.3. The fraction of sp³-hybridized carbons (Fsp3) is 0.588. The maximum absolute atomic E-state index is 11.9. The van der Waals surface area contributed by atoms with E-state index in [-0.39, 0.29) is 5.91 Å². The van der Waals surface area contributed by atoms with Gasteiger partial charge in [0.05, 0.1) is 18.5 Å². The number of unbranched alkanes of at least 4 members (excludes halogenated alkanes) is 6. The Hall–Kier alpha value is -1.71. The van der Waals surface area contributed by atoms with Gasteiger partial charge in [-0.1, -0.05) is 45.4 Å². The first kappa shape index (κ1) is 17.3. The lowest BCUT2D eigenvalue weighted by atomic mass is 10.1. The number of carbonyl (C=O) groups is 1. The number of anilines is 2. The van der Waals surface area contributed by atoms with Gasteiger partial charge in [-0.15, -0.1) is 0 Å². The highest BCUT2D eigenvalue weighted by Crippen LogP contribution is 2.24. The van der Waals surface area contributed by atoms with Gasteiger partial charge in [-0.2, -0.15) is 0 Å². The van der Waals surface area contributed by atoms with Gasteiger partial charge in [0.1, 0.15) is 5.75 Å². The molecule has 4 nitrogen and oxygen atoms in total. The van der Waals surface area contributed by atoms with Crippen molar-refractivity contribution in [3.8, 4) is 5.75 Å². The maximum Gasteiger partial charge on any atom is 0.224 e. The molecular weight excluding hydrogens is 264 g/mol. The summed E-state index contributed by atoms with van der Waals surface area (Å²) in [6.45, 7) is 2.22. The smallest absolute Gasteiger partial charge is 0.224 e. The number of hydrogen-bond acceptors (Lipinski definition) is 3. The third-order valence-corrected chi connectivity index (χ3v) is 3.54. The molecule has 118 valence electrons. The van der Waals surface area contributed by atoms with E-state index < -0.39 is 0 Å². The monoisotopic (exact) mass is 292 g/mol. The van der Waals surface area contributed by atoms with E-state index in [4.69, 9.17) is 10.5 Å². The number of benzene rings is 1. The van der Waals surface area contributed by atoms with Gasteiger partial charge >= 0.3 is 0 Å². The van der Waals surface area contributed by atoms with Crippen LogP contribution in [0.2, 0.25) is 0 Å². The first-order chi connectivity index (χ1) is 10.2. The van der Waals surface area contributed by atoms with E-state index >= 15 is 0 Å². The minimum Gasteiger partial charge on any atom is -0.497 e. The molecule has 21 heavy (non-hydrogen) atoms. The van der Waals surface area contributed by atoms with Gasteiger partial charge in [-0.05, 0) is 18.6 Å². The number of ether oxygens (including phenoxy) is 1. The van der Waals surface area contributed by atoms with E-state index in [2.05, 4.69) is 12.2 Å². The molecule has 0 aliphatic carbocycles. The van der Waals surface area contributed by atoms with Crippen LogP contribution in [-0.2, 0) is 4.79 Å². The molecule has 0 atom stereocenters. The van der Waals surface area contributed by atoms with Crippen LogP contribution in [0.15, 0.2) is 18.2 Å². The van der Waals surface area contributed by atoms with E-state index in [9.17, 15) is 4.79 Å². The third kappa shape index (κ3) is 7.02. The van der Waals surface area contributed by atoms with E-state index in [0.717, 1.165) is 12.8 Å². The molecule has 4 heteroatoms. The SMILES string of the molecule is CCCCCCCCCC(=O)Nc1cc(OC)ccc1N. The molecule has 0 aromatic heterocycles. The van der Waals surface area contributed by atoms with E-state index in [0.29, 0.717) is 23.5 Å². The highest BCUT2D eigenvalue weighted by molar-refractivity contribution is 5.94. The fourth-order valence-electron chi connectivity index (χ4n) is 2.23. The van der Waals surface area contributed by atoms with E-state index in [1.807, 2.05) is 0 Å². The lowest BCUT2D eigenvalue weighted by molar-refractivity contribution is -0.116. The van der Waals surface area contributed by atoms with Crippen LogP contribution in [0.5, 0.6) is 5.75 Å². The molecule has 1 rings (SSSR count). The fourth-order valence-corrected chi connectivity index (χ4v) is 2.23.